The van der Waals surface area contributed by atoms with Crippen LogP contribution in [-0.2, 0) is 22.2 Å². The fourth-order valence-corrected chi connectivity index (χ4v) is 2.36. The third-order valence-electron chi connectivity index (χ3n) is 3.33. The van der Waals surface area contributed by atoms with Gasteiger partial charge in [0.1, 0.15) is 5.75 Å². The maximum absolute atomic E-state index is 11.9. The molecule has 130 valence electrons. The first-order valence-corrected chi connectivity index (χ1v) is 8.50. The van der Waals surface area contributed by atoms with Crippen LogP contribution in [0.5, 0.6) is 5.75 Å². The summed E-state index contributed by atoms with van der Waals surface area (Å²) in [4.78, 5) is 36.3. The van der Waals surface area contributed by atoms with Crippen molar-refractivity contribution in [3.05, 3.63) is 51.2 Å². The van der Waals surface area contributed by atoms with E-state index in [1.807, 2.05) is 0 Å². The second-order valence-corrected chi connectivity index (χ2v) is 6.45. The number of aromatic nitrogens is 2. The Morgan fingerprint density at radius 2 is 2.08 bits per heavy atom. The molecule has 0 aliphatic carbocycles. The number of aromatic amines is 1. The molecule has 0 aromatic carbocycles. The van der Waals surface area contributed by atoms with E-state index < -0.39 is 14.4 Å². The second kappa shape index (κ2) is 7.14. The zero-order valence-electron chi connectivity index (χ0n) is 13.1. The van der Waals surface area contributed by atoms with Gasteiger partial charge in [-0.05, 0) is 13.8 Å². The molecule has 0 aliphatic heterocycles. The van der Waals surface area contributed by atoms with E-state index in [9.17, 15) is 14.5 Å². The molecular weight excluding hydrogens is 337 g/mol. The molecule has 2 rings (SSSR count). The van der Waals surface area contributed by atoms with Crippen LogP contribution in [0, 0.1) is 13.8 Å². The van der Waals surface area contributed by atoms with Gasteiger partial charge in [-0.1, -0.05) is 0 Å². The predicted octanol–water partition coefficient (Wildman–Crippen LogP) is 1.31. The highest BCUT2D eigenvalue weighted by molar-refractivity contribution is 7.46. The third kappa shape index (κ3) is 4.65. The molecule has 0 spiro atoms. The van der Waals surface area contributed by atoms with E-state index in [-0.39, 0.29) is 17.7 Å². The molecule has 0 saturated carbocycles. The van der Waals surface area contributed by atoms with Crippen LogP contribution in [0.25, 0.3) is 0 Å². The third-order valence-corrected chi connectivity index (χ3v) is 3.80. The van der Waals surface area contributed by atoms with Crippen LogP contribution in [0.15, 0.2) is 23.3 Å². The number of aryl methyl sites for hydroxylation is 2. The molecule has 24 heavy (non-hydrogen) atoms. The van der Waals surface area contributed by atoms with Crippen molar-refractivity contribution in [2.24, 2.45) is 0 Å². The highest BCUT2D eigenvalue weighted by atomic mass is 31.2. The molecule has 2 aromatic heterocycles. The number of anilines is 1. The Kier molecular flexibility index (Phi) is 5.40. The Morgan fingerprint density at radius 1 is 1.38 bits per heavy atom. The van der Waals surface area contributed by atoms with E-state index in [0.29, 0.717) is 28.2 Å². The number of H-pyrrole nitrogens is 1. The van der Waals surface area contributed by atoms with Gasteiger partial charge >= 0.3 is 7.82 Å². The Balaban J connectivity index is 2.25. The number of phosphoric ester groups is 1. The molecule has 5 N–H and O–H groups in total. The van der Waals surface area contributed by atoms with Crippen molar-refractivity contribution >= 4 is 13.5 Å². The van der Waals surface area contributed by atoms with Gasteiger partial charge in [-0.2, -0.15) is 0 Å². The molecule has 9 nitrogen and oxygen atoms in total. The summed E-state index contributed by atoms with van der Waals surface area (Å²) in [7, 11) is -4.65. The van der Waals surface area contributed by atoms with Gasteiger partial charge in [0.2, 0.25) is 5.43 Å². The van der Waals surface area contributed by atoms with Crippen LogP contribution in [0.2, 0.25) is 0 Å². The molecule has 0 radical (unpaired) electrons. The van der Waals surface area contributed by atoms with Crippen molar-refractivity contribution in [1.82, 2.24) is 9.97 Å². The second-order valence-electron chi connectivity index (χ2n) is 5.21. The lowest BCUT2D eigenvalue weighted by molar-refractivity contribution is 0.188. The zero-order valence-corrected chi connectivity index (χ0v) is 14.0. The smallest absolute Gasteiger partial charge is 0.469 e. The molecule has 0 amide bonds. The first-order valence-electron chi connectivity index (χ1n) is 6.97. The van der Waals surface area contributed by atoms with Gasteiger partial charge < -0.3 is 25.2 Å². The highest BCUT2D eigenvalue weighted by Gasteiger charge is 2.18. The minimum Gasteiger partial charge on any atom is -0.506 e. The number of pyridine rings is 2. The molecule has 0 unspecified atom stereocenters. The normalized spacial score (nSPS) is 11.5. The lowest BCUT2D eigenvalue weighted by Gasteiger charge is -2.14. The summed E-state index contributed by atoms with van der Waals surface area (Å²) < 4.78 is 15.3. The molecule has 0 atom stereocenters. The summed E-state index contributed by atoms with van der Waals surface area (Å²) in [6.07, 6.45) is 2.87. The molecule has 0 bridgehead atoms. The van der Waals surface area contributed by atoms with Crippen LogP contribution < -0.4 is 10.7 Å². The van der Waals surface area contributed by atoms with E-state index in [4.69, 9.17) is 9.79 Å². The number of rotatable bonds is 6. The largest absolute Gasteiger partial charge is 0.506 e. The van der Waals surface area contributed by atoms with Gasteiger partial charge in [0.25, 0.3) is 0 Å². The molecular formula is C14H18N3O6P. The fraction of sp³-hybridized carbons (Fsp3) is 0.286. The summed E-state index contributed by atoms with van der Waals surface area (Å²) >= 11 is 0. The lowest BCUT2D eigenvalue weighted by atomic mass is 10.1. The van der Waals surface area contributed by atoms with Crippen molar-refractivity contribution in [1.29, 1.82) is 0 Å². The summed E-state index contributed by atoms with van der Waals surface area (Å²) in [6.45, 7) is 2.97. The maximum Gasteiger partial charge on any atom is 0.469 e. The van der Waals surface area contributed by atoms with Crippen LogP contribution >= 0.6 is 7.82 Å². The average Bonchev–Trinajstić information content (AvgIpc) is 2.48. The number of nitrogens with one attached hydrogen (secondary N) is 2. The lowest BCUT2D eigenvalue weighted by Crippen LogP contribution is -2.13. The number of hydrogen-bond acceptors (Lipinski definition) is 6. The quantitative estimate of drug-likeness (QED) is 0.488. The van der Waals surface area contributed by atoms with Gasteiger partial charge in [-0.3, -0.25) is 14.3 Å². The highest BCUT2D eigenvalue weighted by Crippen LogP contribution is 2.38. The number of hydrogen-bond donors (Lipinski definition) is 5. The van der Waals surface area contributed by atoms with Gasteiger partial charge in [0, 0.05) is 41.8 Å². The van der Waals surface area contributed by atoms with Gasteiger partial charge in [-0.25, -0.2) is 4.57 Å². The SMILES string of the molecule is Cc1cc(=O)c(NCc2c(COP(=O)(O)O)cnc(C)c2O)c[nH]1. The maximum atomic E-state index is 11.9. The van der Waals surface area contributed by atoms with Gasteiger partial charge in [0.15, 0.2) is 0 Å². The minimum absolute atomic E-state index is 0.0567. The molecule has 2 aromatic rings. The monoisotopic (exact) mass is 355 g/mol. The van der Waals surface area contributed by atoms with Crippen LogP contribution in [-0.4, -0.2) is 24.9 Å². The van der Waals surface area contributed by atoms with E-state index in [2.05, 4.69) is 19.8 Å². The zero-order chi connectivity index (χ0) is 17.9. The Hall–Kier alpha value is -2.19. The van der Waals surface area contributed by atoms with E-state index in [1.54, 1.807) is 13.8 Å². The van der Waals surface area contributed by atoms with Crippen LogP contribution in [0.4, 0.5) is 5.69 Å². The van der Waals surface area contributed by atoms with Crippen molar-refractivity contribution in [3.63, 3.8) is 0 Å². The molecule has 2 heterocycles. The fourth-order valence-electron chi connectivity index (χ4n) is 2.05. The van der Waals surface area contributed by atoms with E-state index in [1.165, 1.54) is 18.5 Å². The number of phosphoric acid groups is 1. The van der Waals surface area contributed by atoms with Crippen molar-refractivity contribution in [3.8, 4) is 5.75 Å². The van der Waals surface area contributed by atoms with Crippen molar-refractivity contribution < 1.29 is 24.0 Å². The predicted molar refractivity (Wildman–Crippen MR) is 86.6 cm³/mol. The minimum atomic E-state index is -4.65. The molecule has 0 fully saturated rings. The first-order chi connectivity index (χ1) is 11.2. The number of nitrogens with zero attached hydrogens (tertiary/aromatic N) is 1. The average molecular weight is 355 g/mol. The summed E-state index contributed by atoms with van der Waals surface area (Å²) in [5, 5.41) is 13.0. The number of aromatic hydroxyl groups is 1. The summed E-state index contributed by atoms with van der Waals surface area (Å²) in [5.74, 6) is -0.127. The van der Waals surface area contributed by atoms with E-state index >= 15 is 0 Å². The Morgan fingerprint density at radius 3 is 2.71 bits per heavy atom. The van der Waals surface area contributed by atoms with Crippen LogP contribution in [0.3, 0.4) is 0 Å². The van der Waals surface area contributed by atoms with Crippen LogP contribution in [0.1, 0.15) is 22.5 Å². The summed E-state index contributed by atoms with van der Waals surface area (Å²) in [6, 6.07) is 1.43. The molecule has 10 heteroatoms. The summed E-state index contributed by atoms with van der Waals surface area (Å²) in [5.41, 5.74) is 1.79. The standard InChI is InChI=1S/C14H18N3O6P/c1-8-3-13(18)12(6-15-8)17-5-11-10(7-23-24(20,21)22)4-16-9(2)14(11)19/h3-4,6,17,19H,5,7H2,1-2H3,(H,15,18)(H2,20,21,22). The van der Waals surface area contributed by atoms with Crippen molar-refractivity contribution in [2.75, 3.05) is 5.32 Å². The Bertz CT molecular complexity index is 845. The van der Waals surface area contributed by atoms with Crippen molar-refractivity contribution in [2.45, 2.75) is 27.0 Å². The Labute approximate surface area is 137 Å². The van der Waals surface area contributed by atoms with Gasteiger partial charge in [-0.15, -0.1) is 0 Å². The topological polar surface area (TPSA) is 145 Å². The van der Waals surface area contributed by atoms with E-state index in [0.717, 1.165) is 0 Å². The molecule has 0 aliphatic rings. The van der Waals surface area contributed by atoms with Gasteiger partial charge in [0.05, 0.1) is 18.0 Å². The molecule has 0 saturated heterocycles. The first kappa shape index (κ1) is 18.2.